The topological polar surface area (TPSA) is 73.1 Å². The fraction of sp³-hybridized carbons (Fsp3) is 0.500. The van der Waals surface area contributed by atoms with Crippen LogP contribution < -0.4 is 5.14 Å². The lowest BCUT2D eigenvalue weighted by molar-refractivity contribution is 0.105. The third-order valence-electron chi connectivity index (χ3n) is 5.45. The standard InChI is InChI=1S/C18H20F2N2O2S2/c19-18(20)15(12-6-8-13(9-7-12)26(21,23)24)16(18)17-22-14(10-25-17)11-4-2-1-3-5-11/h6-11,15-16H,1-5H2,(H2,21,23,24)/t15-,16+/m0/s1. The van der Waals surface area contributed by atoms with Crippen molar-refractivity contribution in [1.82, 2.24) is 4.98 Å². The van der Waals surface area contributed by atoms with E-state index in [0.717, 1.165) is 18.5 Å². The van der Waals surface area contributed by atoms with Gasteiger partial charge in [0.1, 0.15) is 5.01 Å². The Bertz CT molecular complexity index is 904. The molecule has 0 saturated heterocycles. The van der Waals surface area contributed by atoms with E-state index < -0.39 is 27.8 Å². The monoisotopic (exact) mass is 398 g/mol. The number of nitrogens with zero attached hydrogens (tertiary/aromatic N) is 1. The number of aromatic nitrogens is 1. The van der Waals surface area contributed by atoms with Gasteiger partial charge in [-0.05, 0) is 30.5 Å². The summed E-state index contributed by atoms with van der Waals surface area (Å²) in [4.78, 5) is 4.47. The predicted octanol–water partition coefficient (Wildman–Crippen LogP) is 4.35. The fourth-order valence-corrected chi connectivity index (χ4v) is 5.54. The number of benzene rings is 1. The zero-order valence-corrected chi connectivity index (χ0v) is 15.7. The number of rotatable bonds is 4. The fourth-order valence-electron chi connectivity index (χ4n) is 3.94. The van der Waals surface area contributed by atoms with Crippen LogP contribution in [0.3, 0.4) is 0 Å². The van der Waals surface area contributed by atoms with Crippen molar-refractivity contribution in [3.05, 3.63) is 45.9 Å². The Morgan fingerprint density at radius 3 is 2.35 bits per heavy atom. The summed E-state index contributed by atoms with van der Waals surface area (Å²) in [5, 5.41) is 7.47. The molecule has 0 amide bonds. The third kappa shape index (κ3) is 3.18. The molecule has 1 aromatic carbocycles. The Labute approximate surface area is 155 Å². The van der Waals surface area contributed by atoms with E-state index in [4.69, 9.17) is 5.14 Å². The average molecular weight is 399 g/mol. The number of hydrogen-bond acceptors (Lipinski definition) is 4. The number of nitrogens with two attached hydrogens (primary N) is 1. The molecule has 0 radical (unpaired) electrons. The van der Waals surface area contributed by atoms with Gasteiger partial charge in [0.15, 0.2) is 0 Å². The summed E-state index contributed by atoms with van der Waals surface area (Å²) in [6.07, 6.45) is 5.77. The highest BCUT2D eigenvalue weighted by atomic mass is 32.2. The average Bonchev–Trinajstić information content (AvgIpc) is 2.95. The van der Waals surface area contributed by atoms with Crippen molar-refractivity contribution < 1.29 is 17.2 Å². The molecular formula is C18H20F2N2O2S2. The van der Waals surface area contributed by atoms with E-state index in [2.05, 4.69) is 4.98 Å². The van der Waals surface area contributed by atoms with Gasteiger partial charge in [-0.25, -0.2) is 27.3 Å². The van der Waals surface area contributed by atoms with Gasteiger partial charge in [0, 0.05) is 11.3 Å². The first-order valence-corrected chi connectivity index (χ1v) is 11.2. The van der Waals surface area contributed by atoms with Crippen LogP contribution in [0, 0.1) is 0 Å². The summed E-state index contributed by atoms with van der Waals surface area (Å²) in [5.41, 5.74) is 1.37. The molecule has 2 aliphatic rings. The number of hydrogen-bond donors (Lipinski definition) is 1. The first-order valence-electron chi connectivity index (χ1n) is 8.74. The molecular weight excluding hydrogens is 378 g/mol. The smallest absolute Gasteiger partial charge is 0.245 e. The minimum Gasteiger partial charge on any atom is -0.245 e. The van der Waals surface area contributed by atoms with Gasteiger partial charge in [0.25, 0.3) is 5.92 Å². The van der Waals surface area contributed by atoms with E-state index in [1.54, 1.807) is 0 Å². The highest BCUT2D eigenvalue weighted by molar-refractivity contribution is 7.89. The van der Waals surface area contributed by atoms with Crippen LogP contribution in [0.1, 0.15) is 66.1 Å². The molecule has 4 nitrogen and oxygen atoms in total. The first kappa shape index (κ1) is 18.0. The van der Waals surface area contributed by atoms with Gasteiger partial charge in [-0.1, -0.05) is 31.4 Å². The van der Waals surface area contributed by atoms with Crippen molar-refractivity contribution in [2.75, 3.05) is 0 Å². The number of halogens is 2. The lowest BCUT2D eigenvalue weighted by Gasteiger charge is -2.19. The molecule has 2 atom stereocenters. The maximum atomic E-state index is 14.4. The van der Waals surface area contributed by atoms with Crippen LogP contribution in [-0.4, -0.2) is 19.3 Å². The zero-order chi connectivity index (χ0) is 18.5. The van der Waals surface area contributed by atoms with Gasteiger partial charge in [0.05, 0.1) is 22.4 Å². The second kappa shape index (κ2) is 6.35. The Balaban J connectivity index is 1.55. The molecule has 26 heavy (non-hydrogen) atoms. The van der Waals surface area contributed by atoms with Crippen LogP contribution in [0.15, 0.2) is 34.5 Å². The van der Waals surface area contributed by atoms with Crippen LogP contribution in [0.2, 0.25) is 0 Å². The summed E-state index contributed by atoms with van der Waals surface area (Å²) < 4.78 is 51.5. The van der Waals surface area contributed by atoms with Crippen molar-refractivity contribution in [2.45, 2.75) is 60.7 Å². The highest BCUT2D eigenvalue weighted by Gasteiger charge is 2.70. The summed E-state index contributed by atoms with van der Waals surface area (Å²) in [5.74, 6) is -4.34. The molecule has 2 aromatic rings. The van der Waals surface area contributed by atoms with Crippen molar-refractivity contribution >= 4 is 21.4 Å². The van der Waals surface area contributed by atoms with Gasteiger partial charge < -0.3 is 0 Å². The van der Waals surface area contributed by atoms with E-state index in [0.29, 0.717) is 16.5 Å². The van der Waals surface area contributed by atoms with Crippen molar-refractivity contribution in [2.24, 2.45) is 5.14 Å². The summed E-state index contributed by atoms with van der Waals surface area (Å²) in [7, 11) is -3.83. The Morgan fingerprint density at radius 1 is 1.08 bits per heavy atom. The molecule has 2 aliphatic carbocycles. The zero-order valence-electron chi connectivity index (χ0n) is 14.1. The SMILES string of the molecule is NS(=O)(=O)c1ccc([C@H]2[C@H](c3nc(C4CCCCC4)cs3)C2(F)F)cc1. The van der Waals surface area contributed by atoms with Gasteiger partial charge in [-0.15, -0.1) is 11.3 Å². The van der Waals surface area contributed by atoms with E-state index in [-0.39, 0.29) is 4.90 Å². The van der Waals surface area contributed by atoms with Crippen molar-refractivity contribution in [3.63, 3.8) is 0 Å². The number of thiazole rings is 1. The quantitative estimate of drug-likeness (QED) is 0.832. The van der Waals surface area contributed by atoms with Crippen molar-refractivity contribution in [3.8, 4) is 0 Å². The molecule has 2 fully saturated rings. The molecule has 2 N–H and O–H groups in total. The third-order valence-corrected chi connectivity index (χ3v) is 7.33. The second-order valence-electron chi connectivity index (χ2n) is 7.19. The molecule has 1 aromatic heterocycles. The van der Waals surface area contributed by atoms with Crippen LogP contribution in [0.5, 0.6) is 0 Å². The molecule has 8 heteroatoms. The van der Waals surface area contributed by atoms with E-state index >= 15 is 0 Å². The second-order valence-corrected chi connectivity index (χ2v) is 9.64. The summed E-state index contributed by atoms with van der Waals surface area (Å²) >= 11 is 1.31. The number of alkyl halides is 2. The van der Waals surface area contributed by atoms with E-state index in [9.17, 15) is 17.2 Å². The van der Waals surface area contributed by atoms with Gasteiger partial charge in [-0.3, -0.25) is 0 Å². The predicted molar refractivity (Wildman–Crippen MR) is 96.2 cm³/mol. The highest BCUT2D eigenvalue weighted by Crippen LogP contribution is 2.67. The molecule has 0 bridgehead atoms. The largest absolute Gasteiger partial charge is 0.265 e. The number of primary sulfonamides is 1. The first-order chi connectivity index (χ1) is 12.3. The number of sulfonamides is 1. The van der Waals surface area contributed by atoms with Crippen LogP contribution in [0.4, 0.5) is 8.78 Å². The molecule has 1 heterocycles. The summed E-state index contributed by atoms with van der Waals surface area (Å²) in [6.45, 7) is 0. The van der Waals surface area contributed by atoms with Crippen molar-refractivity contribution in [1.29, 1.82) is 0 Å². The molecule has 0 spiro atoms. The summed E-state index contributed by atoms with van der Waals surface area (Å²) in [6, 6.07) is 5.42. The van der Waals surface area contributed by atoms with Crippen LogP contribution in [-0.2, 0) is 10.0 Å². The van der Waals surface area contributed by atoms with Gasteiger partial charge >= 0.3 is 0 Å². The van der Waals surface area contributed by atoms with E-state index in [1.807, 2.05) is 5.38 Å². The van der Waals surface area contributed by atoms with Gasteiger partial charge in [0.2, 0.25) is 10.0 Å². The molecule has 0 aliphatic heterocycles. The normalized spacial score (nSPS) is 26.0. The Hall–Kier alpha value is -1.38. The Morgan fingerprint density at radius 2 is 1.73 bits per heavy atom. The minimum atomic E-state index is -3.83. The molecule has 0 unspecified atom stereocenters. The van der Waals surface area contributed by atoms with E-state index in [1.165, 1.54) is 54.9 Å². The lowest BCUT2D eigenvalue weighted by atomic mass is 9.87. The molecule has 140 valence electrons. The maximum Gasteiger partial charge on any atom is 0.265 e. The lowest BCUT2D eigenvalue weighted by Crippen LogP contribution is -2.11. The molecule has 4 rings (SSSR count). The minimum absolute atomic E-state index is 0.0735. The van der Waals surface area contributed by atoms with Gasteiger partial charge in [-0.2, -0.15) is 0 Å². The van der Waals surface area contributed by atoms with Crippen LogP contribution in [0.25, 0.3) is 0 Å². The van der Waals surface area contributed by atoms with Crippen LogP contribution >= 0.6 is 11.3 Å². The maximum absolute atomic E-state index is 14.4. The molecule has 2 saturated carbocycles. The Kier molecular flexibility index (Phi) is 4.40.